The number of hydrogen-bond donors (Lipinski definition) is 0. The first-order chi connectivity index (χ1) is 12.7. The number of ether oxygens (including phenoxy) is 1. The van der Waals surface area contributed by atoms with E-state index in [1.807, 2.05) is 6.92 Å². The lowest BCUT2D eigenvalue weighted by molar-refractivity contribution is -0.148. The average molecular weight is 369 g/mol. The van der Waals surface area contributed by atoms with Crippen molar-refractivity contribution in [3.05, 3.63) is 0 Å². The Hall–Kier alpha value is -0.530. The fraction of sp³-hybridized carbons (Fsp3) is 0.958. The van der Waals surface area contributed by atoms with Crippen LogP contribution in [0, 0.1) is 5.92 Å². The maximum Gasteiger partial charge on any atom is 0.308 e. The first kappa shape index (κ1) is 25.5. The third-order valence-electron chi connectivity index (χ3n) is 5.39. The summed E-state index contributed by atoms with van der Waals surface area (Å²) in [5, 5.41) is 0. The van der Waals surface area contributed by atoms with Gasteiger partial charge in [-0.15, -0.1) is 0 Å². The van der Waals surface area contributed by atoms with Gasteiger partial charge in [0.2, 0.25) is 0 Å². The second-order valence-electron chi connectivity index (χ2n) is 8.16. The van der Waals surface area contributed by atoms with Crippen molar-refractivity contribution in [2.45, 2.75) is 136 Å². The zero-order valence-corrected chi connectivity index (χ0v) is 18.3. The van der Waals surface area contributed by atoms with Crippen molar-refractivity contribution in [1.29, 1.82) is 0 Å². The van der Waals surface area contributed by atoms with E-state index in [2.05, 4.69) is 13.8 Å². The van der Waals surface area contributed by atoms with E-state index in [0.717, 1.165) is 19.3 Å². The van der Waals surface area contributed by atoms with E-state index in [1.165, 1.54) is 96.3 Å². The lowest BCUT2D eigenvalue weighted by atomic mass is 10.0. The third kappa shape index (κ3) is 18.3. The Morgan fingerprint density at radius 3 is 1.46 bits per heavy atom. The predicted octanol–water partition coefficient (Wildman–Crippen LogP) is 8.23. The molecule has 1 atom stereocenters. The van der Waals surface area contributed by atoms with Gasteiger partial charge in [-0.3, -0.25) is 4.79 Å². The zero-order chi connectivity index (χ0) is 19.3. The SMILES string of the molecule is CCCCCCCCCCCCCCCCOC(=O)[C@@H](C)CCCCC. The molecule has 0 amide bonds. The number of carbonyl (C=O) groups excluding carboxylic acids is 1. The van der Waals surface area contributed by atoms with Crippen molar-refractivity contribution < 1.29 is 9.53 Å². The standard InChI is InChI=1S/C24H48O2/c1-4-6-8-9-10-11-12-13-14-15-16-17-18-20-22-26-24(25)23(3)21-19-7-5-2/h23H,4-22H2,1-3H3/t23-/m0/s1. The van der Waals surface area contributed by atoms with Crippen molar-refractivity contribution in [3.8, 4) is 0 Å². The monoisotopic (exact) mass is 368 g/mol. The molecule has 0 aromatic heterocycles. The van der Waals surface area contributed by atoms with Crippen LogP contribution in [0.5, 0.6) is 0 Å². The Kier molecular flexibility index (Phi) is 20.4. The average Bonchev–Trinajstić information content (AvgIpc) is 2.64. The largest absolute Gasteiger partial charge is 0.465 e. The highest BCUT2D eigenvalue weighted by Gasteiger charge is 2.13. The molecule has 0 aliphatic heterocycles. The molecule has 0 aromatic rings. The number of hydrogen-bond acceptors (Lipinski definition) is 2. The van der Waals surface area contributed by atoms with Crippen molar-refractivity contribution in [1.82, 2.24) is 0 Å². The highest BCUT2D eigenvalue weighted by molar-refractivity contribution is 5.71. The van der Waals surface area contributed by atoms with Gasteiger partial charge in [-0.2, -0.15) is 0 Å². The highest BCUT2D eigenvalue weighted by Crippen LogP contribution is 2.14. The molecule has 0 aliphatic rings. The van der Waals surface area contributed by atoms with Gasteiger partial charge in [-0.05, 0) is 12.8 Å². The molecular formula is C24H48O2. The summed E-state index contributed by atoms with van der Waals surface area (Å²) in [6.07, 6.45) is 23.6. The Labute approximate surface area is 164 Å². The van der Waals surface area contributed by atoms with Crippen molar-refractivity contribution in [3.63, 3.8) is 0 Å². The van der Waals surface area contributed by atoms with Gasteiger partial charge in [0.1, 0.15) is 0 Å². The first-order valence-electron chi connectivity index (χ1n) is 11.9. The molecular weight excluding hydrogens is 320 g/mol. The van der Waals surface area contributed by atoms with Gasteiger partial charge in [-0.25, -0.2) is 0 Å². The molecule has 0 radical (unpaired) electrons. The van der Waals surface area contributed by atoms with Crippen LogP contribution in [0.25, 0.3) is 0 Å². The van der Waals surface area contributed by atoms with Gasteiger partial charge >= 0.3 is 5.97 Å². The maximum absolute atomic E-state index is 11.8. The number of carbonyl (C=O) groups is 1. The van der Waals surface area contributed by atoms with E-state index in [9.17, 15) is 4.79 Å². The smallest absolute Gasteiger partial charge is 0.308 e. The van der Waals surface area contributed by atoms with Crippen LogP contribution >= 0.6 is 0 Å². The van der Waals surface area contributed by atoms with E-state index < -0.39 is 0 Å². The minimum atomic E-state index is 0.01000. The molecule has 26 heavy (non-hydrogen) atoms. The fourth-order valence-corrected chi connectivity index (χ4v) is 3.43. The van der Waals surface area contributed by atoms with Crippen LogP contribution < -0.4 is 0 Å². The van der Waals surface area contributed by atoms with Crippen molar-refractivity contribution in [2.75, 3.05) is 6.61 Å². The Balaban J connectivity index is 3.20. The number of rotatable bonds is 20. The number of esters is 1. The second kappa shape index (κ2) is 20.8. The van der Waals surface area contributed by atoms with Crippen LogP contribution in [0.3, 0.4) is 0 Å². The topological polar surface area (TPSA) is 26.3 Å². The number of unbranched alkanes of at least 4 members (excludes halogenated alkanes) is 15. The van der Waals surface area contributed by atoms with Crippen molar-refractivity contribution >= 4 is 5.97 Å². The second-order valence-corrected chi connectivity index (χ2v) is 8.16. The van der Waals surface area contributed by atoms with E-state index in [1.54, 1.807) is 0 Å². The summed E-state index contributed by atoms with van der Waals surface area (Å²) in [7, 11) is 0. The molecule has 0 saturated carbocycles. The van der Waals surface area contributed by atoms with Crippen molar-refractivity contribution in [2.24, 2.45) is 5.92 Å². The van der Waals surface area contributed by atoms with Crippen LogP contribution in [0.1, 0.15) is 136 Å². The Bertz CT molecular complexity index is 288. The Morgan fingerprint density at radius 1 is 0.615 bits per heavy atom. The molecule has 0 aromatic carbocycles. The van der Waals surface area contributed by atoms with Gasteiger partial charge in [0.05, 0.1) is 12.5 Å². The van der Waals surface area contributed by atoms with Gasteiger partial charge in [-0.1, -0.05) is 124 Å². The van der Waals surface area contributed by atoms with E-state index in [4.69, 9.17) is 4.74 Å². The van der Waals surface area contributed by atoms with E-state index in [0.29, 0.717) is 6.61 Å². The summed E-state index contributed by atoms with van der Waals surface area (Å²) in [5.41, 5.74) is 0. The molecule has 0 heterocycles. The molecule has 2 heteroatoms. The van der Waals surface area contributed by atoms with Gasteiger partial charge in [0, 0.05) is 0 Å². The van der Waals surface area contributed by atoms with Gasteiger partial charge in [0.15, 0.2) is 0 Å². The summed E-state index contributed by atoms with van der Waals surface area (Å²) in [4.78, 5) is 11.8. The summed E-state index contributed by atoms with van der Waals surface area (Å²) >= 11 is 0. The van der Waals surface area contributed by atoms with Crippen LogP contribution in [0.4, 0.5) is 0 Å². The molecule has 0 aliphatic carbocycles. The minimum Gasteiger partial charge on any atom is -0.465 e. The molecule has 0 rings (SSSR count). The molecule has 0 N–H and O–H groups in total. The quantitative estimate of drug-likeness (QED) is 0.160. The van der Waals surface area contributed by atoms with Gasteiger partial charge < -0.3 is 4.74 Å². The van der Waals surface area contributed by atoms with Crippen LogP contribution in [0.2, 0.25) is 0 Å². The summed E-state index contributed by atoms with van der Waals surface area (Å²) in [6.45, 7) is 7.10. The Morgan fingerprint density at radius 2 is 1.00 bits per heavy atom. The fourth-order valence-electron chi connectivity index (χ4n) is 3.43. The normalized spacial score (nSPS) is 12.3. The molecule has 156 valence electrons. The molecule has 0 saturated heterocycles. The lowest BCUT2D eigenvalue weighted by Gasteiger charge is -2.11. The maximum atomic E-state index is 11.8. The molecule has 0 bridgehead atoms. The third-order valence-corrected chi connectivity index (χ3v) is 5.39. The summed E-state index contributed by atoms with van der Waals surface area (Å²) in [5.74, 6) is 0.0870. The molecule has 0 unspecified atom stereocenters. The van der Waals surface area contributed by atoms with Gasteiger partial charge in [0.25, 0.3) is 0 Å². The van der Waals surface area contributed by atoms with E-state index in [-0.39, 0.29) is 11.9 Å². The molecule has 0 fully saturated rings. The predicted molar refractivity (Wildman–Crippen MR) is 115 cm³/mol. The zero-order valence-electron chi connectivity index (χ0n) is 18.3. The van der Waals surface area contributed by atoms with Crippen LogP contribution in [-0.4, -0.2) is 12.6 Å². The van der Waals surface area contributed by atoms with Crippen LogP contribution in [0.15, 0.2) is 0 Å². The minimum absolute atomic E-state index is 0.01000. The van der Waals surface area contributed by atoms with Crippen LogP contribution in [-0.2, 0) is 9.53 Å². The first-order valence-corrected chi connectivity index (χ1v) is 11.9. The molecule has 2 nitrogen and oxygen atoms in total. The summed E-state index contributed by atoms with van der Waals surface area (Å²) in [6, 6.07) is 0. The highest BCUT2D eigenvalue weighted by atomic mass is 16.5. The lowest BCUT2D eigenvalue weighted by Crippen LogP contribution is -2.15. The summed E-state index contributed by atoms with van der Waals surface area (Å²) < 4.78 is 5.40. The van der Waals surface area contributed by atoms with E-state index >= 15 is 0 Å². The molecule has 0 spiro atoms.